The van der Waals surface area contributed by atoms with Crippen LogP contribution in [0.1, 0.15) is 55.5 Å². The molecule has 0 atom stereocenters. The molecule has 4 heteroatoms. The van der Waals surface area contributed by atoms with E-state index in [9.17, 15) is 4.79 Å². The molecule has 2 aromatic carbocycles. The summed E-state index contributed by atoms with van der Waals surface area (Å²) in [6, 6.07) is 13.6. The number of carbonyl (C=O) groups is 1. The number of anilines is 3. The number of nitrogens with two attached hydrogens (primary N) is 1. The molecule has 1 heterocycles. The Morgan fingerprint density at radius 3 is 2.35 bits per heavy atom. The van der Waals surface area contributed by atoms with Gasteiger partial charge in [0.25, 0.3) is 5.91 Å². The smallest absolute Gasteiger partial charge is 0.255 e. The van der Waals surface area contributed by atoms with Crippen LogP contribution in [0.2, 0.25) is 0 Å². The van der Waals surface area contributed by atoms with Crippen molar-refractivity contribution in [3.63, 3.8) is 0 Å². The van der Waals surface area contributed by atoms with Crippen molar-refractivity contribution >= 4 is 23.0 Å². The highest BCUT2D eigenvalue weighted by Crippen LogP contribution is 2.30. The van der Waals surface area contributed by atoms with E-state index in [1.165, 1.54) is 18.4 Å². The zero-order valence-corrected chi connectivity index (χ0v) is 16.0. The van der Waals surface area contributed by atoms with E-state index in [1.54, 1.807) is 0 Å². The lowest BCUT2D eigenvalue weighted by Gasteiger charge is -2.33. The molecule has 1 fully saturated rings. The van der Waals surface area contributed by atoms with Gasteiger partial charge in [0.1, 0.15) is 0 Å². The Morgan fingerprint density at radius 1 is 1.12 bits per heavy atom. The van der Waals surface area contributed by atoms with Gasteiger partial charge in [-0.2, -0.15) is 0 Å². The van der Waals surface area contributed by atoms with Gasteiger partial charge in [0.15, 0.2) is 0 Å². The van der Waals surface area contributed by atoms with Crippen molar-refractivity contribution < 1.29 is 4.79 Å². The van der Waals surface area contributed by atoms with E-state index in [1.807, 2.05) is 42.5 Å². The van der Waals surface area contributed by atoms with Gasteiger partial charge < -0.3 is 16.0 Å². The monoisotopic (exact) mass is 351 g/mol. The van der Waals surface area contributed by atoms with Crippen LogP contribution in [0.25, 0.3) is 0 Å². The number of hydrogen-bond acceptors (Lipinski definition) is 3. The predicted octanol–water partition coefficient (Wildman–Crippen LogP) is 4.88. The quantitative estimate of drug-likeness (QED) is 0.772. The highest BCUT2D eigenvalue weighted by Gasteiger charge is 2.18. The van der Waals surface area contributed by atoms with Crippen LogP contribution in [0.3, 0.4) is 0 Å². The number of nitrogens with zero attached hydrogens (tertiary/aromatic N) is 1. The number of nitrogens with one attached hydrogen (secondary N) is 1. The van der Waals surface area contributed by atoms with Crippen LogP contribution in [-0.2, 0) is 0 Å². The lowest BCUT2D eigenvalue weighted by molar-refractivity contribution is 0.102. The van der Waals surface area contributed by atoms with Gasteiger partial charge in [-0.15, -0.1) is 0 Å². The van der Waals surface area contributed by atoms with Gasteiger partial charge in [0.05, 0.1) is 11.4 Å². The zero-order chi connectivity index (χ0) is 18.7. The summed E-state index contributed by atoms with van der Waals surface area (Å²) in [5, 5.41) is 2.95. The molecule has 0 aromatic heterocycles. The standard InChI is InChI=1S/C22H29N3O/c1-15(2)17-4-6-18(7-5-17)22(26)24-19-8-9-21(20(23)14-19)25-12-10-16(3)11-13-25/h4-9,14-16H,10-13,23H2,1-3H3,(H,24,26). The van der Waals surface area contributed by atoms with Crippen LogP contribution in [0.4, 0.5) is 17.1 Å². The minimum atomic E-state index is -0.112. The molecule has 26 heavy (non-hydrogen) atoms. The van der Waals surface area contributed by atoms with Crippen molar-refractivity contribution in [3.8, 4) is 0 Å². The second-order valence-corrected chi connectivity index (χ2v) is 7.67. The zero-order valence-electron chi connectivity index (χ0n) is 16.0. The largest absolute Gasteiger partial charge is 0.397 e. The SMILES string of the molecule is CC1CCN(c2ccc(NC(=O)c3ccc(C(C)C)cc3)cc2N)CC1. The Labute approximate surface area is 156 Å². The van der Waals surface area contributed by atoms with Crippen LogP contribution in [0, 0.1) is 5.92 Å². The first-order chi connectivity index (χ1) is 12.4. The molecule has 0 aliphatic carbocycles. The number of benzene rings is 2. The molecule has 0 unspecified atom stereocenters. The van der Waals surface area contributed by atoms with Gasteiger partial charge in [0, 0.05) is 24.3 Å². The maximum absolute atomic E-state index is 12.5. The van der Waals surface area contributed by atoms with Crippen LogP contribution in [0.15, 0.2) is 42.5 Å². The molecule has 1 saturated heterocycles. The van der Waals surface area contributed by atoms with Gasteiger partial charge in [-0.3, -0.25) is 4.79 Å². The van der Waals surface area contributed by atoms with Crippen molar-refractivity contribution in [2.75, 3.05) is 29.0 Å². The Kier molecular flexibility index (Phi) is 5.50. The van der Waals surface area contributed by atoms with Crippen LogP contribution in [0.5, 0.6) is 0 Å². The van der Waals surface area contributed by atoms with Gasteiger partial charge in [-0.25, -0.2) is 0 Å². The Balaban J connectivity index is 1.68. The topological polar surface area (TPSA) is 58.4 Å². The number of rotatable bonds is 4. The first-order valence-electron chi connectivity index (χ1n) is 9.50. The summed E-state index contributed by atoms with van der Waals surface area (Å²) < 4.78 is 0. The molecule has 0 bridgehead atoms. The van der Waals surface area contributed by atoms with E-state index >= 15 is 0 Å². The molecular weight excluding hydrogens is 322 g/mol. The fraction of sp³-hybridized carbons (Fsp3) is 0.409. The molecule has 2 aromatic rings. The summed E-state index contributed by atoms with van der Waals surface area (Å²) in [4.78, 5) is 14.8. The first-order valence-corrected chi connectivity index (χ1v) is 9.50. The van der Waals surface area contributed by atoms with Gasteiger partial charge in [0.2, 0.25) is 0 Å². The van der Waals surface area contributed by atoms with Crippen molar-refractivity contribution in [1.82, 2.24) is 0 Å². The number of hydrogen-bond donors (Lipinski definition) is 2. The molecule has 0 spiro atoms. The first kappa shape index (κ1) is 18.3. The maximum Gasteiger partial charge on any atom is 0.255 e. The Bertz CT molecular complexity index is 759. The van der Waals surface area contributed by atoms with Crippen LogP contribution >= 0.6 is 0 Å². The number of piperidine rings is 1. The number of carbonyl (C=O) groups excluding carboxylic acids is 1. The second-order valence-electron chi connectivity index (χ2n) is 7.67. The molecule has 3 N–H and O–H groups in total. The summed E-state index contributed by atoms with van der Waals surface area (Å²) in [7, 11) is 0. The van der Waals surface area contributed by atoms with E-state index in [4.69, 9.17) is 5.73 Å². The summed E-state index contributed by atoms with van der Waals surface area (Å²) in [5.41, 5.74) is 10.7. The van der Waals surface area contributed by atoms with E-state index in [-0.39, 0.29) is 5.91 Å². The van der Waals surface area contributed by atoms with Crippen LogP contribution < -0.4 is 16.0 Å². The van der Waals surface area contributed by atoms with Crippen molar-refractivity contribution in [3.05, 3.63) is 53.6 Å². The molecular formula is C22H29N3O. The predicted molar refractivity (Wildman–Crippen MR) is 110 cm³/mol. The summed E-state index contributed by atoms with van der Waals surface area (Å²) in [6.07, 6.45) is 2.40. The molecule has 1 aliphatic heterocycles. The van der Waals surface area contributed by atoms with E-state index in [2.05, 4.69) is 31.0 Å². The second kappa shape index (κ2) is 7.81. The third kappa shape index (κ3) is 4.18. The molecule has 0 saturated carbocycles. The van der Waals surface area contributed by atoms with E-state index < -0.39 is 0 Å². The molecule has 1 aliphatic rings. The average molecular weight is 351 g/mol. The molecule has 3 rings (SSSR count). The lowest BCUT2D eigenvalue weighted by atomic mass is 9.98. The minimum absolute atomic E-state index is 0.112. The van der Waals surface area contributed by atoms with Crippen molar-refractivity contribution in [2.24, 2.45) is 5.92 Å². The number of amides is 1. The minimum Gasteiger partial charge on any atom is -0.397 e. The summed E-state index contributed by atoms with van der Waals surface area (Å²) in [5.74, 6) is 1.13. The third-order valence-corrected chi connectivity index (χ3v) is 5.25. The highest BCUT2D eigenvalue weighted by molar-refractivity contribution is 6.04. The fourth-order valence-corrected chi connectivity index (χ4v) is 3.39. The average Bonchev–Trinajstić information content (AvgIpc) is 2.63. The summed E-state index contributed by atoms with van der Waals surface area (Å²) in [6.45, 7) is 8.66. The van der Waals surface area contributed by atoms with Gasteiger partial charge in [-0.1, -0.05) is 32.9 Å². The lowest BCUT2D eigenvalue weighted by Crippen LogP contribution is -2.33. The van der Waals surface area contributed by atoms with Crippen molar-refractivity contribution in [2.45, 2.75) is 39.5 Å². The number of nitrogen functional groups attached to an aromatic ring is 1. The molecule has 0 radical (unpaired) electrons. The fourth-order valence-electron chi connectivity index (χ4n) is 3.39. The molecule has 1 amide bonds. The highest BCUT2D eigenvalue weighted by atomic mass is 16.1. The van der Waals surface area contributed by atoms with Gasteiger partial charge in [-0.05, 0) is 60.6 Å². The Morgan fingerprint density at radius 2 is 1.77 bits per heavy atom. The normalized spacial score (nSPS) is 15.3. The molecule has 138 valence electrons. The van der Waals surface area contributed by atoms with Crippen molar-refractivity contribution in [1.29, 1.82) is 0 Å². The third-order valence-electron chi connectivity index (χ3n) is 5.25. The Hall–Kier alpha value is -2.49. The summed E-state index contributed by atoms with van der Waals surface area (Å²) >= 11 is 0. The molecule has 4 nitrogen and oxygen atoms in total. The van der Waals surface area contributed by atoms with Gasteiger partial charge >= 0.3 is 0 Å². The van der Waals surface area contributed by atoms with Crippen LogP contribution in [-0.4, -0.2) is 19.0 Å². The van der Waals surface area contributed by atoms with E-state index in [0.29, 0.717) is 17.2 Å². The maximum atomic E-state index is 12.5. The van der Waals surface area contributed by atoms with E-state index in [0.717, 1.165) is 30.4 Å².